The average molecular weight is 300 g/mol. The van der Waals surface area contributed by atoms with Crippen molar-refractivity contribution in [2.75, 3.05) is 6.54 Å². The molecule has 1 atom stereocenters. The van der Waals surface area contributed by atoms with Gasteiger partial charge in [0, 0.05) is 17.6 Å². The van der Waals surface area contributed by atoms with Gasteiger partial charge in [0.15, 0.2) is 0 Å². The van der Waals surface area contributed by atoms with E-state index in [9.17, 15) is 4.79 Å². The predicted molar refractivity (Wildman–Crippen MR) is 88.4 cm³/mol. The summed E-state index contributed by atoms with van der Waals surface area (Å²) < 4.78 is 0. The van der Waals surface area contributed by atoms with E-state index in [1.54, 1.807) is 12.1 Å². The van der Waals surface area contributed by atoms with Crippen molar-refractivity contribution in [2.45, 2.75) is 12.8 Å². The third-order valence-corrected chi connectivity index (χ3v) is 3.61. The van der Waals surface area contributed by atoms with Crippen LogP contribution in [-0.2, 0) is 4.79 Å². The number of hydrogen-bond donors (Lipinski definition) is 1. The topological polar surface area (TPSA) is 29.1 Å². The Balaban J connectivity index is 1.87. The van der Waals surface area contributed by atoms with E-state index in [1.807, 2.05) is 36.4 Å². The number of amides is 1. The molecule has 0 saturated heterocycles. The molecule has 0 saturated carbocycles. The second-order valence-electron chi connectivity index (χ2n) is 4.91. The summed E-state index contributed by atoms with van der Waals surface area (Å²) in [4.78, 5) is 11.8. The molecule has 108 valence electrons. The van der Waals surface area contributed by atoms with Crippen LogP contribution in [0.3, 0.4) is 0 Å². The summed E-state index contributed by atoms with van der Waals surface area (Å²) in [6.45, 7) is 2.70. The summed E-state index contributed by atoms with van der Waals surface area (Å²) in [5, 5.41) is 3.54. The van der Waals surface area contributed by atoms with Crippen molar-refractivity contribution in [3.05, 3.63) is 76.8 Å². The lowest BCUT2D eigenvalue weighted by atomic mass is 10.0. The third-order valence-electron chi connectivity index (χ3n) is 3.27. The highest BCUT2D eigenvalue weighted by Gasteiger charge is 2.05. The minimum absolute atomic E-state index is 0.113. The molecule has 0 heterocycles. The summed E-state index contributed by atoms with van der Waals surface area (Å²) in [5.74, 6) is 0.168. The van der Waals surface area contributed by atoms with Crippen LogP contribution >= 0.6 is 11.6 Å². The van der Waals surface area contributed by atoms with Gasteiger partial charge in [-0.15, -0.1) is 0 Å². The number of carbonyl (C=O) groups is 1. The molecule has 0 aliphatic rings. The fraction of sp³-hybridized carbons (Fsp3) is 0.167. The standard InChI is InChI=1S/C18H18ClNO/c1-14(15-7-3-2-4-8-15)13-20-18(21)12-11-16-9-5-6-10-17(16)19/h2-12,14H,13H2,1H3,(H,20,21)/b12-11+/t14-/m0/s1. The lowest BCUT2D eigenvalue weighted by Gasteiger charge is -2.11. The minimum atomic E-state index is -0.113. The Kier molecular flexibility index (Phi) is 5.59. The van der Waals surface area contributed by atoms with Gasteiger partial charge in [0.2, 0.25) is 5.91 Å². The molecule has 0 spiro atoms. The maximum atomic E-state index is 11.8. The zero-order valence-corrected chi connectivity index (χ0v) is 12.7. The molecule has 2 aromatic carbocycles. The summed E-state index contributed by atoms with van der Waals surface area (Å²) in [7, 11) is 0. The number of carbonyl (C=O) groups excluding carboxylic acids is 1. The van der Waals surface area contributed by atoms with Crippen molar-refractivity contribution < 1.29 is 4.79 Å². The Morgan fingerprint density at radius 3 is 2.52 bits per heavy atom. The van der Waals surface area contributed by atoms with Crippen molar-refractivity contribution in [2.24, 2.45) is 0 Å². The minimum Gasteiger partial charge on any atom is -0.352 e. The molecule has 1 N–H and O–H groups in total. The first-order valence-corrected chi connectivity index (χ1v) is 7.30. The van der Waals surface area contributed by atoms with E-state index in [-0.39, 0.29) is 11.8 Å². The van der Waals surface area contributed by atoms with Gasteiger partial charge in [0.1, 0.15) is 0 Å². The Morgan fingerprint density at radius 1 is 1.14 bits per heavy atom. The first kappa shape index (κ1) is 15.3. The smallest absolute Gasteiger partial charge is 0.244 e. The molecule has 3 heteroatoms. The molecule has 1 amide bonds. The van der Waals surface area contributed by atoms with E-state index in [0.29, 0.717) is 11.6 Å². The first-order chi connectivity index (χ1) is 10.2. The lowest BCUT2D eigenvalue weighted by molar-refractivity contribution is -0.116. The zero-order valence-electron chi connectivity index (χ0n) is 11.9. The molecule has 0 unspecified atom stereocenters. The molecule has 0 radical (unpaired) electrons. The normalized spacial score (nSPS) is 12.3. The molecular formula is C18H18ClNO. The predicted octanol–water partition coefficient (Wildman–Crippen LogP) is 4.27. The van der Waals surface area contributed by atoms with Crippen LogP contribution in [0.1, 0.15) is 24.0 Å². The number of hydrogen-bond acceptors (Lipinski definition) is 1. The SMILES string of the molecule is C[C@@H](CNC(=O)/C=C/c1ccccc1Cl)c1ccccc1. The van der Waals surface area contributed by atoms with Gasteiger partial charge in [-0.3, -0.25) is 4.79 Å². The maximum absolute atomic E-state index is 11.8. The van der Waals surface area contributed by atoms with E-state index < -0.39 is 0 Å². The van der Waals surface area contributed by atoms with Crippen LogP contribution in [0.5, 0.6) is 0 Å². The summed E-state index contributed by atoms with van der Waals surface area (Å²) in [6.07, 6.45) is 3.24. The Labute approximate surface area is 130 Å². The first-order valence-electron chi connectivity index (χ1n) is 6.92. The number of nitrogens with one attached hydrogen (secondary N) is 1. The van der Waals surface area contributed by atoms with E-state index in [2.05, 4.69) is 24.4 Å². The van der Waals surface area contributed by atoms with Gasteiger partial charge in [-0.25, -0.2) is 0 Å². The largest absolute Gasteiger partial charge is 0.352 e. The molecule has 2 nitrogen and oxygen atoms in total. The van der Waals surface area contributed by atoms with Crippen molar-refractivity contribution in [1.82, 2.24) is 5.32 Å². The average Bonchev–Trinajstić information content (AvgIpc) is 2.52. The molecule has 0 aliphatic heterocycles. The van der Waals surface area contributed by atoms with Gasteiger partial charge < -0.3 is 5.32 Å². The molecular weight excluding hydrogens is 282 g/mol. The third kappa shape index (κ3) is 4.76. The number of halogens is 1. The van der Waals surface area contributed by atoms with Crippen LogP contribution in [-0.4, -0.2) is 12.5 Å². The highest BCUT2D eigenvalue weighted by Crippen LogP contribution is 2.16. The van der Waals surface area contributed by atoms with E-state index in [0.717, 1.165) is 5.56 Å². The fourth-order valence-corrected chi connectivity index (χ4v) is 2.19. The molecule has 0 aromatic heterocycles. The zero-order chi connectivity index (χ0) is 15.1. The molecule has 0 bridgehead atoms. The van der Waals surface area contributed by atoms with Crippen LogP contribution in [0.2, 0.25) is 5.02 Å². The van der Waals surface area contributed by atoms with Gasteiger partial charge in [-0.05, 0) is 29.2 Å². The highest BCUT2D eigenvalue weighted by molar-refractivity contribution is 6.32. The quantitative estimate of drug-likeness (QED) is 0.821. The van der Waals surface area contributed by atoms with Crippen LogP contribution in [0.4, 0.5) is 0 Å². The summed E-state index contributed by atoms with van der Waals surface area (Å²) in [5.41, 5.74) is 2.05. The second kappa shape index (κ2) is 7.65. The molecule has 2 rings (SSSR count). The summed E-state index contributed by atoms with van der Waals surface area (Å²) >= 11 is 6.03. The van der Waals surface area contributed by atoms with Gasteiger partial charge in [-0.1, -0.05) is 67.1 Å². The van der Waals surface area contributed by atoms with Gasteiger partial charge in [-0.2, -0.15) is 0 Å². The maximum Gasteiger partial charge on any atom is 0.244 e. The van der Waals surface area contributed by atoms with Crippen molar-refractivity contribution in [3.8, 4) is 0 Å². The van der Waals surface area contributed by atoms with Crippen LogP contribution in [0.25, 0.3) is 6.08 Å². The lowest BCUT2D eigenvalue weighted by Crippen LogP contribution is -2.25. The molecule has 0 fully saturated rings. The molecule has 2 aromatic rings. The van der Waals surface area contributed by atoms with Gasteiger partial charge in [0.05, 0.1) is 0 Å². The highest BCUT2D eigenvalue weighted by atomic mass is 35.5. The van der Waals surface area contributed by atoms with Crippen LogP contribution < -0.4 is 5.32 Å². The van der Waals surface area contributed by atoms with Crippen molar-refractivity contribution in [3.63, 3.8) is 0 Å². The second-order valence-corrected chi connectivity index (χ2v) is 5.32. The number of benzene rings is 2. The Morgan fingerprint density at radius 2 is 1.81 bits per heavy atom. The molecule has 21 heavy (non-hydrogen) atoms. The van der Waals surface area contributed by atoms with E-state index >= 15 is 0 Å². The number of rotatable bonds is 5. The van der Waals surface area contributed by atoms with Crippen LogP contribution in [0, 0.1) is 0 Å². The van der Waals surface area contributed by atoms with Crippen molar-refractivity contribution in [1.29, 1.82) is 0 Å². The van der Waals surface area contributed by atoms with Gasteiger partial charge >= 0.3 is 0 Å². The Bertz CT molecular complexity index is 622. The fourth-order valence-electron chi connectivity index (χ4n) is 1.99. The molecule has 0 aliphatic carbocycles. The van der Waals surface area contributed by atoms with Crippen LogP contribution in [0.15, 0.2) is 60.7 Å². The van der Waals surface area contributed by atoms with E-state index in [4.69, 9.17) is 11.6 Å². The van der Waals surface area contributed by atoms with E-state index in [1.165, 1.54) is 11.6 Å². The monoisotopic (exact) mass is 299 g/mol. The van der Waals surface area contributed by atoms with Crippen molar-refractivity contribution >= 4 is 23.6 Å². The summed E-state index contributed by atoms with van der Waals surface area (Å²) in [6, 6.07) is 17.6. The van der Waals surface area contributed by atoms with Gasteiger partial charge in [0.25, 0.3) is 0 Å². The Hall–Kier alpha value is -2.06.